The van der Waals surface area contributed by atoms with Crippen LogP contribution >= 0.6 is 12.2 Å². The zero-order valence-electron chi connectivity index (χ0n) is 19.9. The summed E-state index contributed by atoms with van der Waals surface area (Å²) >= 11 is 5.79. The van der Waals surface area contributed by atoms with E-state index in [9.17, 15) is 4.79 Å². The molecule has 2 fully saturated rings. The van der Waals surface area contributed by atoms with Crippen LogP contribution in [0.4, 0.5) is 5.69 Å². The summed E-state index contributed by atoms with van der Waals surface area (Å²) in [5, 5.41) is 7.12. The zero-order valence-corrected chi connectivity index (χ0v) is 20.7. The Kier molecular flexibility index (Phi) is 6.99. The lowest BCUT2D eigenvalue weighted by Gasteiger charge is -2.30. The molecule has 8 heteroatoms. The largest absolute Gasteiger partial charge is 0.495 e. The van der Waals surface area contributed by atoms with Crippen LogP contribution in [0, 0.1) is 0 Å². The molecule has 2 N–H and O–H groups in total. The van der Waals surface area contributed by atoms with Gasteiger partial charge in [-0.15, -0.1) is 0 Å². The number of carbonyl (C=O) groups is 1. The predicted molar refractivity (Wildman–Crippen MR) is 140 cm³/mol. The number of hydrogen-bond donors (Lipinski definition) is 2. The third kappa shape index (κ3) is 4.89. The maximum absolute atomic E-state index is 12.9. The van der Waals surface area contributed by atoms with Gasteiger partial charge in [-0.25, -0.2) is 0 Å². The number of pyridine rings is 1. The van der Waals surface area contributed by atoms with Crippen molar-refractivity contribution < 1.29 is 9.53 Å². The van der Waals surface area contributed by atoms with Crippen LogP contribution in [0.15, 0.2) is 67.0 Å². The molecule has 2 aromatic heterocycles. The van der Waals surface area contributed by atoms with E-state index in [1.165, 1.54) is 31.4 Å². The highest BCUT2D eigenvalue weighted by Crippen LogP contribution is 2.41. The Labute approximate surface area is 211 Å². The number of ether oxygens (including phenoxy) is 1. The summed E-state index contributed by atoms with van der Waals surface area (Å²) in [7, 11) is 1.60. The molecule has 0 unspecified atom stereocenters. The van der Waals surface area contributed by atoms with E-state index in [1.54, 1.807) is 7.11 Å². The van der Waals surface area contributed by atoms with Crippen molar-refractivity contribution in [1.82, 2.24) is 19.8 Å². The molecule has 0 bridgehead atoms. The van der Waals surface area contributed by atoms with E-state index in [2.05, 4.69) is 43.4 Å². The minimum Gasteiger partial charge on any atom is -0.495 e. The van der Waals surface area contributed by atoms with Crippen molar-refractivity contribution >= 4 is 28.9 Å². The Morgan fingerprint density at radius 1 is 1.14 bits per heavy atom. The monoisotopic (exact) mass is 489 g/mol. The molecule has 35 heavy (non-hydrogen) atoms. The lowest BCUT2D eigenvalue weighted by molar-refractivity contribution is -0.116. The lowest BCUT2D eigenvalue weighted by Crippen LogP contribution is -2.33. The maximum Gasteiger partial charge on any atom is 0.226 e. The van der Waals surface area contributed by atoms with Crippen molar-refractivity contribution in [1.29, 1.82) is 0 Å². The Bertz CT molecular complexity index is 1180. The van der Waals surface area contributed by atoms with Gasteiger partial charge in [0.25, 0.3) is 0 Å². The molecule has 1 aliphatic carbocycles. The minimum absolute atomic E-state index is 0.0490. The highest BCUT2D eigenvalue weighted by Gasteiger charge is 2.41. The van der Waals surface area contributed by atoms with Crippen LogP contribution in [0.25, 0.3) is 0 Å². The van der Waals surface area contributed by atoms with E-state index in [0.717, 1.165) is 5.69 Å². The number of aromatic nitrogens is 2. The average Bonchev–Trinajstić information content (AvgIpc) is 3.63. The van der Waals surface area contributed by atoms with Gasteiger partial charge in [-0.3, -0.25) is 9.78 Å². The summed E-state index contributed by atoms with van der Waals surface area (Å²) in [6.45, 7) is 0.497. The molecular weight excluding hydrogens is 458 g/mol. The lowest BCUT2D eigenvalue weighted by atomic mass is 10.0. The van der Waals surface area contributed by atoms with Gasteiger partial charge in [0.05, 0.1) is 30.6 Å². The molecule has 1 amide bonds. The Morgan fingerprint density at radius 2 is 1.94 bits per heavy atom. The Morgan fingerprint density at radius 3 is 2.71 bits per heavy atom. The third-order valence-corrected chi connectivity index (χ3v) is 7.34. The van der Waals surface area contributed by atoms with Crippen LogP contribution in [0.2, 0.25) is 0 Å². The van der Waals surface area contributed by atoms with Gasteiger partial charge in [0, 0.05) is 37.1 Å². The predicted octanol–water partition coefficient (Wildman–Crippen LogP) is 5.01. The minimum atomic E-state index is -0.0870. The van der Waals surface area contributed by atoms with Crippen molar-refractivity contribution in [3.63, 3.8) is 0 Å². The van der Waals surface area contributed by atoms with Gasteiger partial charge in [-0.05, 0) is 61.5 Å². The fourth-order valence-corrected chi connectivity index (χ4v) is 5.66. The molecule has 182 valence electrons. The van der Waals surface area contributed by atoms with E-state index in [1.807, 2.05) is 48.7 Å². The summed E-state index contributed by atoms with van der Waals surface area (Å²) < 4.78 is 7.79. The summed E-state index contributed by atoms with van der Waals surface area (Å²) in [5.41, 5.74) is 2.82. The molecule has 3 aromatic rings. The normalized spacial score (nSPS) is 20.1. The molecule has 0 radical (unpaired) electrons. The average molecular weight is 490 g/mol. The zero-order chi connectivity index (χ0) is 24.2. The number of hydrogen-bond acceptors (Lipinski definition) is 4. The van der Waals surface area contributed by atoms with Gasteiger partial charge in [-0.2, -0.15) is 0 Å². The SMILES string of the molecule is COc1ccccc1NC(=O)CCN1C(=S)N[C@H](c2ccccn2)[C@@H]1c1cccn1C1CCCC1. The van der Waals surface area contributed by atoms with Crippen LogP contribution in [-0.2, 0) is 4.79 Å². The Balaban J connectivity index is 1.39. The fraction of sp³-hybridized carbons (Fsp3) is 0.370. The second-order valence-electron chi connectivity index (χ2n) is 9.10. The van der Waals surface area contributed by atoms with Gasteiger partial charge in [0.15, 0.2) is 5.11 Å². The van der Waals surface area contributed by atoms with E-state index >= 15 is 0 Å². The molecule has 2 aliphatic rings. The molecule has 3 heterocycles. The van der Waals surface area contributed by atoms with E-state index in [-0.39, 0.29) is 18.0 Å². The number of methoxy groups -OCH3 is 1. The fourth-order valence-electron chi connectivity index (χ4n) is 5.32. The number of rotatable bonds is 8. The van der Waals surface area contributed by atoms with Gasteiger partial charge < -0.3 is 24.8 Å². The standard InChI is InChI=1S/C27H31N5O2S/c1-34-23-14-5-4-11-20(23)29-24(33)15-18-32-26(22-13-8-17-31(22)19-9-2-3-10-19)25(30-27(32)35)21-12-6-7-16-28-21/h4-8,11-14,16-17,19,25-26H,2-3,9-10,15,18H2,1H3,(H,29,33)(H,30,35)/t25-,26+/m1/s1. The van der Waals surface area contributed by atoms with Crippen LogP contribution in [0.1, 0.15) is 61.6 Å². The van der Waals surface area contributed by atoms with Gasteiger partial charge in [-0.1, -0.05) is 31.0 Å². The first-order chi connectivity index (χ1) is 17.2. The summed E-state index contributed by atoms with van der Waals surface area (Å²) in [6.07, 6.45) is 9.23. The highest BCUT2D eigenvalue weighted by atomic mass is 32.1. The summed E-state index contributed by atoms with van der Waals surface area (Å²) in [5.74, 6) is 0.560. The first kappa shape index (κ1) is 23.4. The van der Waals surface area contributed by atoms with Crippen LogP contribution in [0.5, 0.6) is 5.75 Å². The number of carbonyl (C=O) groups excluding carboxylic acids is 1. The first-order valence-corrected chi connectivity index (χ1v) is 12.6. The quantitative estimate of drug-likeness (QED) is 0.434. The second-order valence-corrected chi connectivity index (χ2v) is 9.48. The molecule has 0 spiro atoms. The number of anilines is 1. The van der Waals surface area contributed by atoms with Gasteiger partial charge in [0.1, 0.15) is 5.75 Å². The molecule has 1 saturated carbocycles. The smallest absolute Gasteiger partial charge is 0.226 e. The van der Waals surface area contributed by atoms with Crippen molar-refractivity contribution in [2.45, 2.75) is 50.2 Å². The molecule has 1 aliphatic heterocycles. The van der Waals surface area contributed by atoms with Crippen molar-refractivity contribution in [3.8, 4) is 5.75 Å². The second kappa shape index (κ2) is 10.5. The number of nitrogens with zero attached hydrogens (tertiary/aromatic N) is 3. The van der Waals surface area contributed by atoms with E-state index in [0.29, 0.717) is 35.6 Å². The highest BCUT2D eigenvalue weighted by molar-refractivity contribution is 7.80. The van der Waals surface area contributed by atoms with Crippen LogP contribution < -0.4 is 15.4 Å². The maximum atomic E-state index is 12.9. The summed E-state index contributed by atoms with van der Waals surface area (Å²) in [6, 6.07) is 18.1. The number of benzene rings is 1. The third-order valence-electron chi connectivity index (χ3n) is 6.99. The van der Waals surface area contributed by atoms with Crippen molar-refractivity contribution in [2.24, 2.45) is 0 Å². The molecule has 1 saturated heterocycles. The molecule has 1 aromatic carbocycles. The Hall–Kier alpha value is -3.39. The van der Waals surface area contributed by atoms with Crippen molar-refractivity contribution in [3.05, 3.63) is 78.4 Å². The molecular formula is C27H31N5O2S. The number of thiocarbonyl (C=S) groups is 1. The number of nitrogens with one attached hydrogen (secondary N) is 2. The molecule has 7 nitrogen and oxygen atoms in total. The first-order valence-electron chi connectivity index (χ1n) is 12.2. The van der Waals surface area contributed by atoms with Crippen molar-refractivity contribution in [2.75, 3.05) is 19.0 Å². The van der Waals surface area contributed by atoms with Crippen LogP contribution in [0.3, 0.4) is 0 Å². The van der Waals surface area contributed by atoms with E-state index < -0.39 is 0 Å². The summed E-state index contributed by atoms with van der Waals surface area (Å²) in [4.78, 5) is 19.7. The van der Waals surface area contributed by atoms with Gasteiger partial charge in [0.2, 0.25) is 5.91 Å². The topological polar surface area (TPSA) is 71.4 Å². The number of amides is 1. The number of para-hydroxylation sites is 2. The van der Waals surface area contributed by atoms with E-state index in [4.69, 9.17) is 17.0 Å². The van der Waals surface area contributed by atoms with Gasteiger partial charge >= 0.3 is 0 Å². The molecule has 5 rings (SSSR count). The van der Waals surface area contributed by atoms with Crippen LogP contribution in [-0.4, -0.2) is 39.1 Å². The molecule has 2 atom stereocenters.